The molecule has 4 nitrogen and oxygen atoms in total. The third-order valence-electron chi connectivity index (χ3n) is 2.65. The third kappa shape index (κ3) is 2.01. The molecule has 1 N–H and O–H groups in total. The van der Waals surface area contributed by atoms with Crippen LogP contribution in [0.25, 0.3) is 0 Å². The van der Waals surface area contributed by atoms with Gasteiger partial charge < -0.3 is 10.0 Å². The predicted octanol–water partition coefficient (Wildman–Crippen LogP) is 0.685. The Kier molecular flexibility index (Phi) is 2.93. The molecule has 1 aliphatic rings. The zero-order valence-corrected chi connectivity index (χ0v) is 8.13. The second-order valence-electron chi connectivity index (χ2n) is 3.70. The maximum Gasteiger partial charge on any atom is 0.147 e. The Morgan fingerprint density at radius 3 is 3.14 bits per heavy atom. The fourth-order valence-electron chi connectivity index (χ4n) is 1.88. The molecule has 0 radical (unpaired) electrons. The quantitative estimate of drug-likeness (QED) is 0.750. The molecular weight excluding hydrogens is 178 g/mol. The number of aromatic nitrogens is 2. The SMILES string of the molecule is OCC1CCCN(c2cnccn2)C1. The van der Waals surface area contributed by atoms with E-state index in [-0.39, 0.29) is 6.61 Å². The van der Waals surface area contributed by atoms with Crippen molar-refractivity contribution in [3.63, 3.8) is 0 Å². The number of nitrogens with zero attached hydrogens (tertiary/aromatic N) is 3. The topological polar surface area (TPSA) is 49.2 Å². The van der Waals surface area contributed by atoms with E-state index in [4.69, 9.17) is 5.11 Å². The van der Waals surface area contributed by atoms with Crippen molar-refractivity contribution < 1.29 is 5.11 Å². The van der Waals surface area contributed by atoms with Gasteiger partial charge >= 0.3 is 0 Å². The molecular formula is C10H15N3O. The van der Waals surface area contributed by atoms with Gasteiger partial charge in [-0.1, -0.05) is 0 Å². The molecule has 2 rings (SSSR count). The zero-order valence-electron chi connectivity index (χ0n) is 8.13. The minimum absolute atomic E-state index is 0.275. The summed E-state index contributed by atoms with van der Waals surface area (Å²) in [7, 11) is 0. The number of aliphatic hydroxyl groups is 1. The lowest BCUT2D eigenvalue weighted by molar-refractivity contribution is 0.208. The van der Waals surface area contributed by atoms with E-state index in [1.165, 1.54) is 0 Å². The van der Waals surface area contributed by atoms with Crippen LogP contribution in [0.2, 0.25) is 0 Å². The average molecular weight is 193 g/mol. The van der Waals surface area contributed by atoms with Gasteiger partial charge in [-0.3, -0.25) is 4.98 Å². The molecule has 0 aromatic carbocycles. The van der Waals surface area contributed by atoms with Crippen LogP contribution in [0.3, 0.4) is 0 Å². The molecule has 1 unspecified atom stereocenters. The molecule has 0 amide bonds. The number of hydrogen-bond acceptors (Lipinski definition) is 4. The molecule has 1 aliphatic heterocycles. The number of anilines is 1. The van der Waals surface area contributed by atoms with Crippen LogP contribution in [-0.4, -0.2) is 34.8 Å². The van der Waals surface area contributed by atoms with Gasteiger partial charge in [0.05, 0.1) is 6.20 Å². The van der Waals surface area contributed by atoms with E-state index >= 15 is 0 Å². The Balaban J connectivity index is 2.04. The predicted molar refractivity (Wildman–Crippen MR) is 54.1 cm³/mol. The fraction of sp³-hybridized carbons (Fsp3) is 0.600. The van der Waals surface area contributed by atoms with Crippen molar-refractivity contribution in [1.82, 2.24) is 9.97 Å². The Hall–Kier alpha value is -1.16. The first-order chi connectivity index (χ1) is 6.90. The number of rotatable bonds is 2. The number of piperidine rings is 1. The van der Waals surface area contributed by atoms with Gasteiger partial charge in [0, 0.05) is 32.1 Å². The fourth-order valence-corrected chi connectivity index (χ4v) is 1.88. The first-order valence-corrected chi connectivity index (χ1v) is 5.02. The van der Waals surface area contributed by atoms with Crippen LogP contribution in [0.15, 0.2) is 18.6 Å². The van der Waals surface area contributed by atoms with Crippen LogP contribution >= 0.6 is 0 Å². The van der Waals surface area contributed by atoms with Crippen LogP contribution in [0.1, 0.15) is 12.8 Å². The molecule has 1 fully saturated rings. The lowest BCUT2D eigenvalue weighted by atomic mass is 9.99. The Bertz CT molecular complexity index is 278. The van der Waals surface area contributed by atoms with E-state index < -0.39 is 0 Å². The highest BCUT2D eigenvalue weighted by molar-refractivity contribution is 5.35. The van der Waals surface area contributed by atoms with Crippen molar-refractivity contribution in [2.45, 2.75) is 12.8 Å². The van der Waals surface area contributed by atoms with Gasteiger partial charge in [0.15, 0.2) is 0 Å². The molecule has 1 saturated heterocycles. The maximum atomic E-state index is 9.09. The van der Waals surface area contributed by atoms with E-state index in [9.17, 15) is 0 Å². The lowest BCUT2D eigenvalue weighted by Crippen LogP contribution is -2.37. The van der Waals surface area contributed by atoms with Crippen LogP contribution in [0.4, 0.5) is 5.82 Å². The van der Waals surface area contributed by atoms with E-state index in [1.54, 1.807) is 18.6 Å². The summed E-state index contributed by atoms with van der Waals surface area (Å²) in [6, 6.07) is 0. The molecule has 14 heavy (non-hydrogen) atoms. The second-order valence-corrected chi connectivity index (χ2v) is 3.70. The summed E-state index contributed by atoms with van der Waals surface area (Å²) in [5.74, 6) is 1.32. The molecule has 0 spiro atoms. The summed E-state index contributed by atoms with van der Waals surface area (Å²) >= 11 is 0. The molecule has 1 aromatic rings. The van der Waals surface area contributed by atoms with Gasteiger partial charge in [0.1, 0.15) is 5.82 Å². The molecule has 4 heteroatoms. The largest absolute Gasteiger partial charge is 0.396 e. The maximum absolute atomic E-state index is 9.09. The summed E-state index contributed by atoms with van der Waals surface area (Å²) in [5.41, 5.74) is 0. The first-order valence-electron chi connectivity index (χ1n) is 5.02. The zero-order chi connectivity index (χ0) is 9.80. The Morgan fingerprint density at radius 2 is 2.43 bits per heavy atom. The van der Waals surface area contributed by atoms with Crippen LogP contribution in [0, 0.1) is 5.92 Å². The normalized spacial score (nSPS) is 22.4. The van der Waals surface area contributed by atoms with Crippen molar-refractivity contribution in [3.05, 3.63) is 18.6 Å². The molecule has 0 aliphatic carbocycles. The standard InChI is InChI=1S/C10H15N3O/c14-8-9-2-1-5-13(7-9)10-6-11-3-4-12-10/h3-4,6,9,14H,1-2,5,7-8H2. The molecule has 0 bridgehead atoms. The molecule has 1 aromatic heterocycles. The summed E-state index contributed by atoms with van der Waals surface area (Å²) in [6.07, 6.45) is 7.41. The van der Waals surface area contributed by atoms with E-state index in [0.29, 0.717) is 5.92 Å². The van der Waals surface area contributed by atoms with E-state index in [2.05, 4.69) is 14.9 Å². The Morgan fingerprint density at radius 1 is 1.50 bits per heavy atom. The lowest BCUT2D eigenvalue weighted by Gasteiger charge is -2.32. The van der Waals surface area contributed by atoms with Crippen molar-refractivity contribution in [3.8, 4) is 0 Å². The Labute approximate surface area is 83.6 Å². The molecule has 76 valence electrons. The van der Waals surface area contributed by atoms with Gasteiger partial charge in [-0.05, 0) is 18.8 Å². The smallest absolute Gasteiger partial charge is 0.147 e. The monoisotopic (exact) mass is 193 g/mol. The van der Waals surface area contributed by atoms with Gasteiger partial charge in [0.25, 0.3) is 0 Å². The van der Waals surface area contributed by atoms with E-state index in [0.717, 1.165) is 31.7 Å². The number of aliphatic hydroxyl groups excluding tert-OH is 1. The first kappa shape index (κ1) is 9.40. The van der Waals surface area contributed by atoms with E-state index in [1.807, 2.05) is 0 Å². The van der Waals surface area contributed by atoms with Gasteiger partial charge in [0.2, 0.25) is 0 Å². The summed E-state index contributed by atoms with van der Waals surface area (Å²) in [5, 5.41) is 9.09. The van der Waals surface area contributed by atoms with Crippen LogP contribution in [-0.2, 0) is 0 Å². The van der Waals surface area contributed by atoms with Crippen LogP contribution in [0.5, 0.6) is 0 Å². The van der Waals surface area contributed by atoms with Crippen LogP contribution < -0.4 is 4.90 Å². The number of hydrogen-bond donors (Lipinski definition) is 1. The van der Waals surface area contributed by atoms with Gasteiger partial charge in [-0.25, -0.2) is 4.98 Å². The average Bonchev–Trinajstić information content (AvgIpc) is 2.30. The van der Waals surface area contributed by atoms with Crippen molar-refractivity contribution in [2.75, 3.05) is 24.6 Å². The minimum Gasteiger partial charge on any atom is -0.396 e. The summed E-state index contributed by atoms with van der Waals surface area (Å²) in [6.45, 7) is 2.20. The molecule has 0 saturated carbocycles. The van der Waals surface area contributed by atoms with Gasteiger partial charge in [-0.2, -0.15) is 0 Å². The highest BCUT2D eigenvalue weighted by Gasteiger charge is 2.19. The van der Waals surface area contributed by atoms with Crippen molar-refractivity contribution in [1.29, 1.82) is 0 Å². The summed E-state index contributed by atoms with van der Waals surface area (Å²) < 4.78 is 0. The third-order valence-corrected chi connectivity index (χ3v) is 2.65. The van der Waals surface area contributed by atoms with Crippen molar-refractivity contribution >= 4 is 5.82 Å². The van der Waals surface area contributed by atoms with Gasteiger partial charge in [-0.15, -0.1) is 0 Å². The highest BCUT2D eigenvalue weighted by atomic mass is 16.3. The van der Waals surface area contributed by atoms with Crippen molar-refractivity contribution in [2.24, 2.45) is 5.92 Å². The summed E-state index contributed by atoms with van der Waals surface area (Å²) in [4.78, 5) is 10.5. The minimum atomic E-state index is 0.275. The second kappa shape index (κ2) is 4.37. The molecule has 2 heterocycles. The molecule has 1 atom stereocenters. The highest BCUT2D eigenvalue weighted by Crippen LogP contribution is 2.19.